The molecule has 1 aliphatic rings. The average molecular weight is 664 g/mol. The molecule has 48 heavy (non-hydrogen) atoms. The first-order chi connectivity index (χ1) is 22.6. The number of carbonyl (C=O) groups is 2. The zero-order chi connectivity index (χ0) is 35.1. The number of nitrogens with one attached hydrogen (secondary N) is 4. The van der Waals surface area contributed by atoms with Gasteiger partial charge in [0.25, 0.3) is 0 Å². The molecule has 16 heteroatoms. The number of rotatable bonds is 9. The molecule has 2 heterocycles. The first-order valence-corrected chi connectivity index (χ1v) is 14.8. The van der Waals surface area contributed by atoms with Crippen LogP contribution >= 0.6 is 0 Å². The van der Waals surface area contributed by atoms with Crippen LogP contribution in [0.3, 0.4) is 0 Å². The number of amides is 3. The Morgan fingerprint density at radius 2 is 1.65 bits per heavy atom. The van der Waals surface area contributed by atoms with E-state index in [-0.39, 0.29) is 52.9 Å². The van der Waals surface area contributed by atoms with Crippen molar-refractivity contribution in [3.05, 3.63) is 65.2 Å². The van der Waals surface area contributed by atoms with Crippen molar-refractivity contribution in [1.29, 1.82) is 5.41 Å². The van der Waals surface area contributed by atoms with Gasteiger partial charge in [-0.1, -0.05) is 6.07 Å². The van der Waals surface area contributed by atoms with Crippen molar-refractivity contribution in [2.75, 3.05) is 6.54 Å². The Hall–Kier alpha value is -5.26. The lowest BCUT2D eigenvalue weighted by Crippen LogP contribution is -2.60. The number of ether oxygens (including phenoxy) is 1. The molecule has 5 unspecified atom stereocenters. The molecule has 0 radical (unpaired) electrons. The number of phenols is 2. The minimum atomic E-state index is -1.78. The van der Waals surface area contributed by atoms with Crippen molar-refractivity contribution in [2.45, 2.75) is 56.5 Å². The number of nitrogens with zero attached hydrogens (tertiary/aromatic N) is 1. The minimum absolute atomic E-state index is 0.0292. The van der Waals surface area contributed by atoms with Gasteiger partial charge in [-0.3, -0.25) is 10.2 Å². The van der Waals surface area contributed by atoms with Gasteiger partial charge in [-0.2, -0.15) is 0 Å². The van der Waals surface area contributed by atoms with E-state index in [1.165, 1.54) is 12.1 Å². The van der Waals surface area contributed by atoms with Gasteiger partial charge in [0.1, 0.15) is 47.6 Å². The van der Waals surface area contributed by atoms with Crippen molar-refractivity contribution in [3.63, 3.8) is 0 Å². The quantitative estimate of drug-likeness (QED) is 0.0833. The van der Waals surface area contributed by atoms with E-state index in [1.807, 2.05) is 0 Å². The van der Waals surface area contributed by atoms with Crippen LogP contribution in [0.25, 0.3) is 33.5 Å². The van der Waals surface area contributed by atoms with Crippen LogP contribution in [0, 0.1) is 5.41 Å². The highest BCUT2D eigenvalue weighted by Crippen LogP contribution is 2.44. The predicted molar refractivity (Wildman–Crippen MR) is 173 cm³/mol. The van der Waals surface area contributed by atoms with Gasteiger partial charge in [0, 0.05) is 29.8 Å². The summed E-state index contributed by atoms with van der Waals surface area (Å²) in [6, 6.07) is 11.7. The number of primary amides is 1. The number of hydrogen-bond acceptors (Lipinski definition) is 11. The van der Waals surface area contributed by atoms with Crippen molar-refractivity contribution < 1.29 is 45.0 Å². The summed E-state index contributed by atoms with van der Waals surface area (Å²) < 4.78 is 5.18. The van der Waals surface area contributed by atoms with E-state index in [4.69, 9.17) is 21.6 Å². The number of aromatic nitrogens is 2. The summed E-state index contributed by atoms with van der Waals surface area (Å²) in [4.78, 5) is 32.7. The number of aromatic amines is 1. The number of carbonyl (C=O) groups excluding carboxylic acids is 2. The predicted octanol–water partition coefficient (Wildman–Crippen LogP) is -0.0458. The fourth-order valence-corrected chi connectivity index (χ4v) is 5.43. The molecule has 4 aromatic rings. The molecule has 0 bridgehead atoms. The Bertz CT molecular complexity index is 1890. The average Bonchev–Trinajstić information content (AvgIpc) is 3.47. The maximum atomic E-state index is 13.7. The molecule has 5 rings (SSSR count). The number of benzene rings is 3. The molecule has 1 aromatic heterocycles. The number of aliphatic hydroxyl groups excluding tert-OH is 4. The number of H-pyrrole nitrogens is 1. The Labute approximate surface area is 273 Å². The van der Waals surface area contributed by atoms with Gasteiger partial charge in [0.2, 0.25) is 5.91 Å². The van der Waals surface area contributed by atoms with Crippen LogP contribution < -0.4 is 22.1 Å². The number of hydrogen-bond donors (Lipinski definition) is 12. The zero-order valence-electron chi connectivity index (χ0n) is 25.9. The van der Waals surface area contributed by atoms with Gasteiger partial charge in [0.05, 0.1) is 22.0 Å². The number of nitrogen functional groups attached to an aromatic ring is 1. The van der Waals surface area contributed by atoms with Crippen LogP contribution in [0.15, 0.2) is 48.5 Å². The molecule has 254 valence electrons. The molecule has 1 saturated heterocycles. The molecular weight excluding hydrogens is 626 g/mol. The largest absolute Gasteiger partial charge is 0.507 e. The fraction of sp³-hybridized carbons (Fsp3) is 0.312. The van der Waals surface area contributed by atoms with E-state index >= 15 is 0 Å². The van der Waals surface area contributed by atoms with Crippen LogP contribution in [-0.4, -0.2) is 95.6 Å². The van der Waals surface area contributed by atoms with E-state index in [0.29, 0.717) is 27.7 Å². The van der Waals surface area contributed by atoms with Crippen molar-refractivity contribution in [3.8, 4) is 34.0 Å². The maximum Gasteiger partial charge on any atom is 0.312 e. The highest BCUT2D eigenvalue weighted by Gasteiger charge is 2.43. The minimum Gasteiger partial charge on any atom is -0.507 e. The Morgan fingerprint density at radius 3 is 2.33 bits per heavy atom. The Kier molecular flexibility index (Phi) is 9.30. The zero-order valence-corrected chi connectivity index (χ0v) is 25.9. The topological polar surface area (TPSA) is 293 Å². The molecule has 1 aliphatic heterocycles. The van der Waals surface area contributed by atoms with Crippen LogP contribution in [0.1, 0.15) is 30.5 Å². The molecule has 5 atom stereocenters. The summed E-state index contributed by atoms with van der Waals surface area (Å²) >= 11 is 0. The summed E-state index contributed by atoms with van der Waals surface area (Å²) in [6.07, 6.45) is -8.06. The molecule has 0 saturated carbocycles. The summed E-state index contributed by atoms with van der Waals surface area (Å²) in [7, 11) is 0. The second-order valence-corrected chi connectivity index (χ2v) is 12.1. The number of urea groups is 1. The third-order valence-corrected chi connectivity index (χ3v) is 8.42. The standard InChI is InChI=1S/C32H37N7O9/c1-32(2,30(46)36-12-22-24(42)25(43)26(44)29(45)48-22)15-9-17(16-7-13(3-6-21(16)40)11-37-31(35)47)23(41)18(10-15)28-38-19-5-4-14(27(33)34)8-20(19)39-28/h3-10,22,24-26,29,40-45H,11-12H2,1-2H3,(H3,33,34)(H,36,46)(H,38,39)(H3,35,37,47). The molecule has 1 fully saturated rings. The third-order valence-electron chi connectivity index (χ3n) is 8.42. The molecular formula is C32H37N7O9. The second kappa shape index (κ2) is 13.1. The van der Waals surface area contributed by atoms with E-state index in [0.717, 1.165) is 0 Å². The lowest BCUT2D eigenvalue weighted by atomic mass is 9.80. The number of aliphatic hydroxyl groups is 4. The molecule has 0 spiro atoms. The summed E-state index contributed by atoms with van der Waals surface area (Å²) in [5, 5.41) is 75.5. The molecule has 3 aromatic carbocycles. The monoisotopic (exact) mass is 663 g/mol. The lowest BCUT2D eigenvalue weighted by Gasteiger charge is -2.38. The smallest absolute Gasteiger partial charge is 0.312 e. The van der Waals surface area contributed by atoms with Gasteiger partial charge in [0.15, 0.2) is 6.29 Å². The number of nitrogens with two attached hydrogens (primary N) is 2. The Balaban J connectivity index is 1.58. The van der Waals surface area contributed by atoms with Crippen LogP contribution in [0.2, 0.25) is 0 Å². The van der Waals surface area contributed by atoms with E-state index in [1.54, 1.807) is 50.2 Å². The number of phenolic OH excluding ortho intramolecular Hbond substituents is 2. The van der Waals surface area contributed by atoms with Gasteiger partial charge >= 0.3 is 6.03 Å². The van der Waals surface area contributed by atoms with Crippen molar-refractivity contribution in [2.24, 2.45) is 11.5 Å². The van der Waals surface area contributed by atoms with Crippen molar-refractivity contribution in [1.82, 2.24) is 20.6 Å². The van der Waals surface area contributed by atoms with Crippen LogP contribution in [-0.2, 0) is 21.5 Å². The Morgan fingerprint density at radius 1 is 0.938 bits per heavy atom. The first kappa shape index (κ1) is 34.1. The third kappa shape index (κ3) is 6.60. The highest BCUT2D eigenvalue weighted by molar-refractivity contribution is 5.98. The highest BCUT2D eigenvalue weighted by atomic mass is 16.6. The fourth-order valence-electron chi connectivity index (χ4n) is 5.43. The van der Waals surface area contributed by atoms with Crippen molar-refractivity contribution >= 4 is 28.8 Å². The number of imidazole rings is 1. The molecule has 0 aliphatic carbocycles. The molecule has 3 amide bonds. The normalized spacial score (nSPS) is 21.2. The summed E-state index contributed by atoms with van der Waals surface area (Å²) in [5.41, 5.74) is 12.3. The second-order valence-electron chi connectivity index (χ2n) is 12.1. The van der Waals surface area contributed by atoms with Gasteiger partial charge in [-0.05, 0) is 67.4 Å². The lowest BCUT2D eigenvalue weighted by molar-refractivity contribution is -0.280. The van der Waals surface area contributed by atoms with Crippen LogP contribution in [0.4, 0.5) is 4.79 Å². The van der Waals surface area contributed by atoms with E-state index < -0.39 is 48.1 Å². The first-order valence-electron chi connectivity index (χ1n) is 14.8. The summed E-state index contributed by atoms with van der Waals surface area (Å²) in [6.45, 7) is 2.89. The number of fused-ring (bicyclic) bond motifs is 1. The number of aromatic hydroxyl groups is 2. The van der Waals surface area contributed by atoms with Crippen LogP contribution in [0.5, 0.6) is 11.5 Å². The van der Waals surface area contributed by atoms with Gasteiger partial charge in [-0.25, -0.2) is 9.78 Å². The maximum absolute atomic E-state index is 13.7. The van der Waals surface area contributed by atoms with E-state index in [2.05, 4.69) is 20.6 Å². The number of amidine groups is 1. The summed E-state index contributed by atoms with van der Waals surface area (Å²) in [5.74, 6) is -1.04. The van der Waals surface area contributed by atoms with Gasteiger partial charge < -0.3 is 62.5 Å². The van der Waals surface area contributed by atoms with E-state index in [9.17, 15) is 40.2 Å². The van der Waals surface area contributed by atoms with Gasteiger partial charge in [-0.15, -0.1) is 0 Å². The molecule has 14 N–H and O–H groups in total. The molecule has 16 nitrogen and oxygen atoms in total. The SMILES string of the molecule is CC(C)(C(=O)NCC1OC(O)C(O)C(O)C1O)c1cc(-c2nc3cc(C(=N)N)ccc3[nH]2)c(O)c(-c2cc(CNC(N)=O)ccc2O)c1.